The second-order valence-electron chi connectivity index (χ2n) is 4.89. The second kappa shape index (κ2) is 4.55. The average Bonchev–Trinajstić information content (AvgIpc) is 2.77. The molecule has 2 heterocycles. The summed E-state index contributed by atoms with van der Waals surface area (Å²) in [7, 11) is 0. The summed E-state index contributed by atoms with van der Waals surface area (Å²) < 4.78 is 5.58. The minimum Gasteiger partial charge on any atom is -0.378 e. The van der Waals surface area contributed by atoms with Crippen LogP contribution in [0.4, 0.5) is 0 Å². The molecule has 4 heteroatoms. The highest BCUT2D eigenvalue weighted by Crippen LogP contribution is 2.31. The minimum absolute atomic E-state index is 0.386. The number of nitrogens with zero attached hydrogens (tertiary/aromatic N) is 2. The maximum Gasteiger partial charge on any atom is 0.0752 e. The van der Waals surface area contributed by atoms with Crippen LogP contribution in [-0.2, 0) is 4.74 Å². The Hall–Kier alpha value is -0.870. The van der Waals surface area contributed by atoms with E-state index in [9.17, 15) is 0 Å². The Balaban J connectivity index is 1.68. The Kier molecular flexibility index (Phi) is 2.93. The number of aromatic nitrogens is 2. The molecule has 1 aromatic heterocycles. The van der Waals surface area contributed by atoms with Gasteiger partial charge in [-0.2, -0.15) is 5.10 Å². The zero-order chi connectivity index (χ0) is 10.8. The summed E-state index contributed by atoms with van der Waals surface area (Å²) in [6.07, 6.45) is 6.06. The lowest BCUT2D eigenvalue weighted by molar-refractivity contribution is -0.0224. The Morgan fingerprint density at radius 3 is 3.12 bits per heavy atom. The van der Waals surface area contributed by atoms with Crippen LogP contribution in [0.2, 0.25) is 0 Å². The van der Waals surface area contributed by atoms with E-state index in [1.165, 1.54) is 31.5 Å². The lowest BCUT2D eigenvalue weighted by atomic mass is 9.84. The van der Waals surface area contributed by atoms with E-state index in [1.807, 2.05) is 6.20 Å². The Bertz CT molecular complexity index is 321. The predicted octanol–water partition coefficient (Wildman–Crippen LogP) is 1.58. The Morgan fingerprint density at radius 2 is 2.44 bits per heavy atom. The van der Waals surface area contributed by atoms with Crippen molar-refractivity contribution in [3.8, 4) is 0 Å². The highest BCUT2D eigenvalue weighted by atomic mass is 16.5. The first-order valence-electron chi connectivity index (χ1n) is 6.24. The summed E-state index contributed by atoms with van der Waals surface area (Å²) in [5.74, 6) is 0.920. The molecule has 88 valence electrons. The van der Waals surface area contributed by atoms with Gasteiger partial charge in [0.15, 0.2) is 0 Å². The number of aromatic amines is 1. The van der Waals surface area contributed by atoms with E-state index in [4.69, 9.17) is 4.74 Å². The third-order valence-electron chi connectivity index (χ3n) is 3.84. The van der Waals surface area contributed by atoms with Gasteiger partial charge in [0, 0.05) is 19.3 Å². The molecule has 0 radical (unpaired) electrons. The number of hydrogen-bond donors (Lipinski definition) is 1. The van der Waals surface area contributed by atoms with Gasteiger partial charge in [-0.15, -0.1) is 0 Å². The minimum atomic E-state index is 0.386. The van der Waals surface area contributed by atoms with Gasteiger partial charge < -0.3 is 4.74 Å². The predicted molar refractivity (Wildman–Crippen MR) is 61.1 cm³/mol. The highest BCUT2D eigenvalue weighted by molar-refractivity contribution is 5.06. The maximum atomic E-state index is 5.58. The first-order chi connectivity index (χ1) is 7.93. The largest absolute Gasteiger partial charge is 0.378 e. The number of ether oxygens (including phenoxy) is 1. The number of morpholine rings is 1. The van der Waals surface area contributed by atoms with Gasteiger partial charge in [-0.25, -0.2) is 0 Å². The molecule has 1 aliphatic heterocycles. The molecule has 3 rings (SSSR count). The van der Waals surface area contributed by atoms with E-state index in [2.05, 4.69) is 21.2 Å². The van der Waals surface area contributed by atoms with Gasteiger partial charge in [-0.05, 0) is 24.8 Å². The van der Waals surface area contributed by atoms with Crippen LogP contribution < -0.4 is 0 Å². The van der Waals surface area contributed by atoms with E-state index in [0.717, 1.165) is 25.7 Å². The standard InChI is InChI=1S/C12H19N3O/c1-2-10(3-1)8-15-6-7-16-9-12(15)11-4-5-13-14-11/h4-5,10,12H,1-3,6-9H2,(H,13,14)/t12-/m1/s1. The molecule has 0 bridgehead atoms. The van der Waals surface area contributed by atoms with E-state index in [1.54, 1.807) is 0 Å². The lowest BCUT2D eigenvalue weighted by Gasteiger charge is -2.39. The number of nitrogens with one attached hydrogen (secondary N) is 1. The van der Waals surface area contributed by atoms with E-state index in [-0.39, 0.29) is 0 Å². The van der Waals surface area contributed by atoms with Crippen molar-refractivity contribution in [2.75, 3.05) is 26.3 Å². The Morgan fingerprint density at radius 1 is 1.50 bits per heavy atom. The molecule has 0 aromatic carbocycles. The molecule has 1 atom stereocenters. The monoisotopic (exact) mass is 221 g/mol. The van der Waals surface area contributed by atoms with Gasteiger partial charge in [0.25, 0.3) is 0 Å². The maximum absolute atomic E-state index is 5.58. The van der Waals surface area contributed by atoms with Crippen molar-refractivity contribution in [3.05, 3.63) is 18.0 Å². The van der Waals surface area contributed by atoms with E-state index in [0.29, 0.717) is 6.04 Å². The molecular formula is C12H19N3O. The van der Waals surface area contributed by atoms with Crippen LogP contribution in [0.15, 0.2) is 12.3 Å². The van der Waals surface area contributed by atoms with E-state index >= 15 is 0 Å². The molecule has 4 nitrogen and oxygen atoms in total. The SMILES string of the molecule is c1cc([C@H]2COCCN2CC2CCC2)[nH]n1. The van der Waals surface area contributed by atoms with Crippen LogP contribution in [0.3, 0.4) is 0 Å². The molecule has 0 unspecified atom stereocenters. The van der Waals surface area contributed by atoms with Crippen molar-refractivity contribution in [1.29, 1.82) is 0 Å². The molecule has 2 fully saturated rings. The molecule has 1 N–H and O–H groups in total. The number of rotatable bonds is 3. The van der Waals surface area contributed by atoms with Gasteiger partial charge in [-0.1, -0.05) is 6.42 Å². The smallest absolute Gasteiger partial charge is 0.0752 e. The molecule has 2 aliphatic rings. The van der Waals surface area contributed by atoms with Crippen LogP contribution >= 0.6 is 0 Å². The summed E-state index contributed by atoms with van der Waals surface area (Å²) in [6.45, 7) is 3.96. The fraction of sp³-hybridized carbons (Fsp3) is 0.750. The van der Waals surface area contributed by atoms with E-state index < -0.39 is 0 Å². The molecule has 0 amide bonds. The molecule has 1 saturated heterocycles. The fourth-order valence-corrected chi connectivity index (χ4v) is 2.60. The summed E-state index contributed by atoms with van der Waals surface area (Å²) in [4.78, 5) is 2.56. The van der Waals surface area contributed by atoms with Gasteiger partial charge in [-0.3, -0.25) is 10.00 Å². The normalized spacial score (nSPS) is 27.9. The van der Waals surface area contributed by atoms with Crippen molar-refractivity contribution in [3.63, 3.8) is 0 Å². The van der Waals surface area contributed by atoms with Crippen molar-refractivity contribution >= 4 is 0 Å². The molecule has 1 saturated carbocycles. The number of H-pyrrole nitrogens is 1. The van der Waals surface area contributed by atoms with Crippen LogP contribution in [-0.4, -0.2) is 41.4 Å². The van der Waals surface area contributed by atoms with Crippen LogP contribution in [0.25, 0.3) is 0 Å². The first-order valence-corrected chi connectivity index (χ1v) is 6.24. The van der Waals surface area contributed by atoms with Gasteiger partial charge in [0.2, 0.25) is 0 Å². The van der Waals surface area contributed by atoms with Gasteiger partial charge >= 0.3 is 0 Å². The van der Waals surface area contributed by atoms with Crippen molar-refractivity contribution < 1.29 is 4.74 Å². The van der Waals surface area contributed by atoms with Crippen LogP contribution in [0, 0.1) is 5.92 Å². The van der Waals surface area contributed by atoms with Crippen LogP contribution in [0.1, 0.15) is 31.0 Å². The first kappa shape index (κ1) is 10.3. The molecule has 16 heavy (non-hydrogen) atoms. The molecule has 1 aromatic rings. The van der Waals surface area contributed by atoms with Gasteiger partial charge in [0.1, 0.15) is 0 Å². The third-order valence-corrected chi connectivity index (χ3v) is 3.84. The summed E-state index contributed by atoms with van der Waals surface area (Å²) in [5, 5.41) is 7.11. The fourth-order valence-electron chi connectivity index (χ4n) is 2.60. The summed E-state index contributed by atoms with van der Waals surface area (Å²) >= 11 is 0. The van der Waals surface area contributed by atoms with Crippen molar-refractivity contribution in [1.82, 2.24) is 15.1 Å². The summed E-state index contributed by atoms with van der Waals surface area (Å²) in [6, 6.07) is 2.45. The zero-order valence-corrected chi connectivity index (χ0v) is 9.56. The summed E-state index contributed by atoms with van der Waals surface area (Å²) in [5.41, 5.74) is 1.19. The van der Waals surface area contributed by atoms with Crippen molar-refractivity contribution in [2.24, 2.45) is 5.92 Å². The molecular weight excluding hydrogens is 202 g/mol. The molecule has 1 aliphatic carbocycles. The zero-order valence-electron chi connectivity index (χ0n) is 9.56. The lowest BCUT2D eigenvalue weighted by Crippen LogP contribution is -2.43. The quantitative estimate of drug-likeness (QED) is 0.842. The number of hydrogen-bond acceptors (Lipinski definition) is 3. The van der Waals surface area contributed by atoms with Crippen molar-refractivity contribution in [2.45, 2.75) is 25.3 Å². The second-order valence-corrected chi connectivity index (χ2v) is 4.89. The Labute approximate surface area is 96.0 Å². The van der Waals surface area contributed by atoms with Crippen LogP contribution in [0.5, 0.6) is 0 Å². The third kappa shape index (κ3) is 1.99. The average molecular weight is 221 g/mol. The topological polar surface area (TPSA) is 41.1 Å². The van der Waals surface area contributed by atoms with Gasteiger partial charge in [0.05, 0.1) is 24.9 Å². The molecule has 0 spiro atoms. The highest BCUT2D eigenvalue weighted by Gasteiger charge is 2.29.